The molecule has 168 valence electrons. The molecule has 5 rings (SSSR count). The molecule has 0 amide bonds. The molecule has 8 heteroatoms. The van der Waals surface area contributed by atoms with Crippen LogP contribution in [0.4, 0.5) is 5.82 Å². The molecule has 1 aliphatic rings. The first kappa shape index (κ1) is 21.0. The van der Waals surface area contributed by atoms with Crippen LogP contribution in [0.25, 0.3) is 22.2 Å². The second kappa shape index (κ2) is 8.91. The Bertz CT molecular complexity index is 1290. The summed E-state index contributed by atoms with van der Waals surface area (Å²) in [7, 11) is 0. The largest absolute Gasteiger partial charge is 0.489 e. The van der Waals surface area contributed by atoms with Crippen molar-refractivity contribution in [1.29, 1.82) is 0 Å². The maximum Gasteiger partial charge on any atom is 0.317 e. The van der Waals surface area contributed by atoms with Gasteiger partial charge in [-0.25, -0.2) is 9.97 Å². The molecule has 1 saturated heterocycles. The lowest BCUT2D eigenvalue weighted by Crippen LogP contribution is -2.27. The van der Waals surface area contributed by atoms with Gasteiger partial charge >= 0.3 is 5.97 Å². The summed E-state index contributed by atoms with van der Waals surface area (Å²) >= 11 is 0. The van der Waals surface area contributed by atoms with Gasteiger partial charge in [-0.05, 0) is 29.7 Å². The lowest BCUT2D eigenvalue weighted by Gasteiger charge is -2.15. The SMILES string of the molecule is Nc1ncnc2c1c(-c1cccc(OCc3ccccc3)c1)cn2C1CCN(CC(=O)O)C1. The molecule has 33 heavy (non-hydrogen) atoms. The number of likely N-dealkylation sites (tertiary alicyclic amines) is 1. The molecule has 1 unspecified atom stereocenters. The van der Waals surface area contributed by atoms with E-state index >= 15 is 0 Å². The third kappa shape index (κ3) is 4.38. The third-order valence-corrected chi connectivity index (χ3v) is 6.03. The number of nitrogen functional groups attached to an aromatic ring is 1. The highest BCUT2D eigenvalue weighted by Crippen LogP contribution is 2.37. The van der Waals surface area contributed by atoms with E-state index in [9.17, 15) is 4.79 Å². The van der Waals surface area contributed by atoms with Crippen LogP contribution in [0, 0.1) is 0 Å². The molecule has 0 saturated carbocycles. The molecule has 3 heterocycles. The van der Waals surface area contributed by atoms with Gasteiger partial charge in [0.25, 0.3) is 0 Å². The Morgan fingerprint density at radius 2 is 2.00 bits per heavy atom. The Morgan fingerprint density at radius 1 is 1.15 bits per heavy atom. The number of nitrogens with two attached hydrogens (primary N) is 1. The number of rotatable bonds is 7. The number of aliphatic carboxylic acids is 1. The van der Waals surface area contributed by atoms with Crippen molar-refractivity contribution < 1.29 is 14.6 Å². The summed E-state index contributed by atoms with van der Waals surface area (Å²) in [5.41, 5.74) is 10.0. The number of carbonyl (C=O) groups is 1. The molecule has 2 aromatic carbocycles. The van der Waals surface area contributed by atoms with Crippen LogP contribution < -0.4 is 10.5 Å². The molecular formula is C25H25N5O3. The van der Waals surface area contributed by atoms with Crippen molar-refractivity contribution in [1.82, 2.24) is 19.4 Å². The molecule has 0 spiro atoms. The van der Waals surface area contributed by atoms with E-state index in [2.05, 4.69) is 20.7 Å². The van der Waals surface area contributed by atoms with E-state index in [1.165, 1.54) is 6.33 Å². The number of hydrogen-bond donors (Lipinski definition) is 2. The number of anilines is 1. The highest BCUT2D eigenvalue weighted by molar-refractivity contribution is 6.00. The average molecular weight is 444 g/mol. The molecule has 4 aromatic rings. The summed E-state index contributed by atoms with van der Waals surface area (Å²) < 4.78 is 8.14. The Labute approximate surface area is 191 Å². The van der Waals surface area contributed by atoms with Crippen LogP contribution in [-0.4, -0.2) is 50.1 Å². The maximum atomic E-state index is 11.1. The van der Waals surface area contributed by atoms with Crippen LogP contribution in [0.5, 0.6) is 5.75 Å². The molecule has 8 nitrogen and oxygen atoms in total. The van der Waals surface area contributed by atoms with Crippen molar-refractivity contribution in [3.63, 3.8) is 0 Å². The second-order valence-corrected chi connectivity index (χ2v) is 8.28. The predicted molar refractivity (Wildman–Crippen MR) is 126 cm³/mol. The van der Waals surface area contributed by atoms with Gasteiger partial charge in [0.15, 0.2) is 0 Å². The van der Waals surface area contributed by atoms with Crippen LogP contribution in [0.2, 0.25) is 0 Å². The average Bonchev–Trinajstić information content (AvgIpc) is 3.43. The molecule has 0 radical (unpaired) electrons. The monoisotopic (exact) mass is 443 g/mol. The molecule has 1 fully saturated rings. The topological polar surface area (TPSA) is 107 Å². The van der Waals surface area contributed by atoms with Crippen LogP contribution in [0.15, 0.2) is 67.1 Å². The summed E-state index contributed by atoms with van der Waals surface area (Å²) in [6.45, 7) is 1.91. The van der Waals surface area contributed by atoms with Crippen molar-refractivity contribution in [2.24, 2.45) is 0 Å². The first-order valence-electron chi connectivity index (χ1n) is 10.9. The standard InChI is InChI=1S/C25H25N5O3/c26-24-23-21(18-7-4-8-20(11-18)33-15-17-5-2-1-3-6-17)13-30(25(23)28-16-27-24)19-9-10-29(12-19)14-22(31)32/h1-8,11,13,16,19H,9-10,12,14-15H2,(H,31,32)(H2,26,27,28). The van der Waals surface area contributed by atoms with Gasteiger partial charge in [0.1, 0.15) is 30.1 Å². The van der Waals surface area contributed by atoms with Crippen molar-refractivity contribution in [3.05, 3.63) is 72.7 Å². The molecule has 1 atom stereocenters. The van der Waals surface area contributed by atoms with Gasteiger partial charge in [-0.1, -0.05) is 42.5 Å². The van der Waals surface area contributed by atoms with E-state index in [1.807, 2.05) is 59.5 Å². The smallest absolute Gasteiger partial charge is 0.317 e. The zero-order valence-electron chi connectivity index (χ0n) is 18.1. The number of aromatic nitrogens is 3. The minimum atomic E-state index is -0.812. The van der Waals surface area contributed by atoms with E-state index in [0.29, 0.717) is 19.0 Å². The number of carboxylic acid groups (broad SMARTS) is 1. The normalized spacial score (nSPS) is 16.3. The lowest BCUT2D eigenvalue weighted by molar-refractivity contribution is -0.138. The summed E-state index contributed by atoms with van der Waals surface area (Å²) in [5, 5.41) is 9.94. The Morgan fingerprint density at radius 3 is 2.82 bits per heavy atom. The lowest BCUT2D eigenvalue weighted by atomic mass is 10.1. The maximum absolute atomic E-state index is 11.1. The van der Waals surface area contributed by atoms with Crippen molar-refractivity contribution in [2.45, 2.75) is 19.1 Å². The minimum Gasteiger partial charge on any atom is -0.489 e. The van der Waals surface area contributed by atoms with Gasteiger partial charge in [-0.15, -0.1) is 0 Å². The molecular weight excluding hydrogens is 418 g/mol. The van der Waals surface area contributed by atoms with Crippen molar-refractivity contribution in [2.75, 3.05) is 25.4 Å². The Kier molecular flexibility index (Phi) is 5.66. The number of fused-ring (bicyclic) bond motifs is 1. The molecule has 0 aliphatic carbocycles. The first-order valence-corrected chi connectivity index (χ1v) is 10.9. The van der Waals surface area contributed by atoms with E-state index in [0.717, 1.165) is 46.4 Å². The molecule has 3 N–H and O–H groups in total. The van der Waals surface area contributed by atoms with Gasteiger partial charge in [0, 0.05) is 30.9 Å². The minimum absolute atomic E-state index is 0.0421. The summed E-state index contributed by atoms with van der Waals surface area (Å²) in [4.78, 5) is 21.8. The highest BCUT2D eigenvalue weighted by Gasteiger charge is 2.28. The fraction of sp³-hybridized carbons (Fsp3) is 0.240. The number of ether oxygens (including phenoxy) is 1. The Hall–Kier alpha value is -3.91. The fourth-order valence-electron chi connectivity index (χ4n) is 4.47. The molecule has 2 aromatic heterocycles. The quantitative estimate of drug-likeness (QED) is 0.449. The van der Waals surface area contributed by atoms with E-state index < -0.39 is 5.97 Å². The summed E-state index contributed by atoms with van der Waals surface area (Å²) in [6, 6.07) is 18.1. The van der Waals surface area contributed by atoms with Crippen molar-refractivity contribution in [3.8, 4) is 16.9 Å². The molecule has 0 bridgehead atoms. The van der Waals surface area contributed by atoms with Crippen LogP contribution >= 0.6 is 0 Å². The number of hydrogen-bond acceptors (Lipinski definition) is 6. The summed E-state index contributed by atoms with van der Waals surface area (Å²) in [6.07, 6.45) is 4.38. The van der Waals surface area contributed by atoms with E-state index in [-0.39, 0.29) is 12.6 Å². The van der Waals surface area contributed by atoms with Gasteiger partial charge < -0.3 is 20.1 Å². The number of benzene rings is 2. The Balaban J connectivity index is 1.47. The first-order chi connectivity index (χ1) is 16.1. The summed E-state index contributed by atoms with van der Waals surface area (Å²) in [5.74, 6) is 0.374. The van der Waals surface area contributed by atoms with E-state index in [1.54, 1.807) is 0 Å². The van der Waals surface area contributed by atoms with Gasteiger partial charge in [0.2, 0.25) is 0 Å². The van der Waals surface area contributed by atoms with Crippen LogP contribution in [0.3, 0.4) is 0 Å². The number of carboxylic acids is 1. The van der Waals surface area contributed by atoms with Crippen LogP contribution in [0.1, 0.15) is 18.0 Å². The zero-order chi connectivity index (χ0) is 22.8. The number of nitrogens with zero attached hydrogens (tertiary/aromatic N) is 4. The molecule has 1 aliphatic heterocycles. The zero-order valence-corrected chi connectivity index (χ0v) is 18.1. The fourth-order valence-corrected chi connectivity index (χ4v) is 4.47. The van der Waals surface area contributed by atoms with Gasteiger partial charge in [-0.3, -0.25) is 9.69 Å². The predicted octanol–water partition coefficient (Wildman–Crippen LogP) is 3.59. The van der Waals surface area contributed by atoms with Crippen molar-refractivity contribution >= 4 is 22.8 Å². The highest BCUT2D eigenvalue weighted by atomic mass is 16.5. The van der Waals surface area contributed by atoms with Gasteiger partial charge in [0.05, 0.1) is 11.9 Å². The van der Waals surface area contributed by atoms with Crippen LogP contribution in [-0.2, 0) is 11.4 Å². The van der Waals surface area contributed by atoms with E-state index in [4.69, 9.17) is 15.6 Å². The third-order valence-electron chi connectivity index (χ3n) is 6.03. The second-order valence-electron chi connectivity index (χ2n) is 8.28. The van der Waals surface area contributed by atoms with Gasteiger partial charge in [-0.2, -0.15) is 0 Å².